The van der Waals surface area contributed by atoms with Crippen molar-refractivity contribution >= 4 is 21.7 Å². The Morgan fingerprint density at radius 1 is 1.28 bits per heavy atom. The number of hydrogen-bond acceptors (Lipinski definition) is 4. The van der Waals surface area contributed by atoms with E-state index in [9.17, 15) is 0 Å². The van der Waals surface area contributed by atoms with Gasteiger partial charge in [-0.2, -0.15) is 0 Å². The van der Waals surface area contributed by atoms with E-state index in [2.05, 4.69) is 38.1 Å². The van der Waals surface area contributed by atoms with Gasteiger partial charge < -0.3 is 9.73 Å². The third-order valence-corrected chi connectivity index (χ3v) is 3.39. The minimum absolute atomic E-state index is 0.624. The Balaban J connectivity index is 2.51. The third-order valence-electron chi connectivity index (χ3n) is 2.56. The number of aromatic nitrogens is 2. The first kappa shape index (κ1) is 13.1. The summed E-state index contributed by atoms with van der Waals surface area (Å²) in [6.07, 6.45) is 0.841. The van der Waals surface area contributed by atoms with E-state index in [0.29, 0.717) is 11.6 Å². The molecule has 0 saturated carbocycles. The highest BCUT2D eigenvalue weighted by Crippen LogP contribution is 2.28. The normalized spacial score (nSPS) is 10.7. The van der Waals surface area contributed by atoms with Gasteiger partial charge in [0.05, 0.1) is 10.2 Å². The predicted molar refractivity (Wildman–Crippen MR) is 75.7 cm³/mol. The number of halogens is 1. The van der Waals surface area contributed by atoms with Crippen LogP contribution in [-0.2, 0) is 6.42 Å². The van der Waals surface area contributed by atoms with Crippen molar-refractivity contribution in [2.45, 2.75) is 27.2 Å². The fourth-order valence-corrected chi connectivity index (χ4v) is 2.28. The highest BCUT2D eigenvalue weighted by atomic mass is 79.9. The number of rotatable bonds is 4. The van der Waals surface area contributed by atoms with Gasteiger partial charge in [0, 0.05) is 6.54 Å². The van der Waals surface area contributed by atoms with E-state index in [1.165, 1.54) is 0 Å². The number of anilines is 1. The molecule has 2 aromatic heterocycles. The van der Waals surface area contributed by atoms with Crippen molar-refractivity contribution in [3.8, 4) is 11.6 Å². The van der Waals surface area contributed by atoms with Gasteiger partial charge in [-0.05, 0) is 48.3 Å². The summed E-state index contributed by atoms with van der Waals surface area (Å²) in [6, 6.07) is 3.81. The molecule has 5 heteroatoms. The third kappa shape index (κ3) is 2.56. The molecule has 2 heterocycles. The van der Waals surface area contributed by atoms with Crippen molar-refractivity contribution < 1.29 is 4.42 Å². The highest BCUT2D eigenvalue weighted by Gasteiger charge is 2.13. The minimum atomic E-state index is 0.624. The Morgan fingerprint density at radius 3 is 2.61 bits per heavy atom. The molecule has 0 aliphatic heterocycles. The summed E-state index contributed by atoms with van der Waals surface area (Å²) in [4.78, 5) is 9.02. The minimum Gasteiger partial charge on any atom is -0.458 e. The molecule has 0 spiro atoms. The molecule has 0 bridgehead atoms. The summed E-state index contributed by atoms with van der Waals surface area (Å²) in [6.45, 7) is 6.83. The first-order valence-corrected chi connectivity index (χ1v) is 6.82. The number of nitrogens with zero attached hydrogens (tertiary/aromatic N) is 2. The molecule has 18 heavy (non-hydrogen) atoms. The lowest BCUT2D eigenvalue weighted by Gasteiger charge is -2.10. The van der Waals surface area contributed by atoms with Gasteiger partial charge in [0.2, 0.25) is 0 Å². The Labute approximate surface area is 115 Å². The zero-order valence-electron chi connectivity index (χ0n) is 10.7. The molecule has 0 aliphatic rings. The molecule has 0 amide bonds. The Bertz CT molecular complexity index is 551. The van der Waals surface area contributed by atoms with Gasteiger partial charge in [0.25, 0.3) is 0 Å². The second kappa shape index (κ2) is 5.52. The Kier molecular flexibility index (Phi) is 4.01. The lowest BCUT2D eigenvalue weighted by molar-refractivity contribution is 0.543. The highest BCUT2D eigenvalue weighted by molar-refractivity contribution is 9.10. The van der Waals surface area contributed by atoms with Gasteiger partial charge in [-0.25, -0.2) is 9.97 Å². The van der Waals surface area contributed by atoms with Gasteiger partial charge in [0.1, 0.15) is 11.6 Å². The molecule has 1 N–H and O–H groups in total. The summed E-state index contributed by atoms with van der Waals surface area (Å²) in [5.41, 5.74) is 0.977. The van der Waals surface area contributed by atoms with E-state index in [1.807, 2.05) is 26.0 Å². The first-order valence-electron chi connectivity index (χ1n) is 6.02. The molecular weight excluding hydrogens is 294 g/mol. The second-order valence-electron chi connectivity index (χ2n) is 3.95. The quantitative estimate of drug-likeness (QED) is 0.933. The fraction of sp³-hybridized carbons (Fsp3) is 0.385. The maximum atomic E-state index is 5.57. The summed E-state index contributed by atoms with van der Waals surface area (Å²) >= 11 is 3.54. The van der Waals surface area contributed by atoms with Gasteiger partial charge >= 0.3 is 0 Å². The number of nitrogens with one attached hydrogen (secondary N) is 1. The van der Waals surface area contributed by atoms with Crippen LogP contribution in [0.25, 0.3) is 11.6 Å². The van der Waals surface area contributed by atoms with E-state index in [0.717, 1.165) is 34.7 Å². The van der Waals surface area contributed by atoms with Gasteiger partial charge in [-0.3, -0.25) is 0 Å². The zero-order chi connectivity index (χ0) is 13.1. The molecule has 0 unspecified atom stereocenters. The number of aryl methyl sites for hydroxylation is 2. The van der Waals surface area contributed by atoms with Gasteiger partial charge in [0.15, 0.2) is 11.6 Å². The molecule has 0 fully saturated rings. The molecule has 0 saturated heterocycles. The van der Waals surface area contributed by atoms with Crippen molar-refractivity contribution in [2.24, 2.45) is 0 Å². The summed E-state index contributed by atoms with van der Waals surface area (Å²) in [5.74, 6) is 3.00. The average molecular weight is 310 g/mol. The fourth-order valence-electron chi connectivity index (χ4n) is 1.68. The van der Waals surface area contributed by atoms with Crippen LogP contribution in [0.1, 0.15) is 25.3 Å². The van der Waals surface area contributed by atoms with Crippen LogP contribution in [0.4, 0.5) is 5.82 Å². The van der Waals surface area contributed by atoms with Crippen LogP contribution >= 0.6 is 15.9 Å². The van der Waals surface area contributed by atoms with Crippen LogP contribution < -0.4 is 5.32 Å². The van der Waals surface area contributed by atoms with Crippen LogP contribution in [0, 0.1) is 6.92 Å². The summed E-state index contributed by atoms with van der Waals surface area (Å²) in [7, 11) is 0. The lowest BCUT2D eigenvalue weighted by atomic mass is 10.3. The largest absolute Gasteiger partial charge is 0.458 e. The van der Waals surface area contributed by atoms with Gasteiger partial charge in [-0.1, -0.05) is 6.92 Å². The van der Waals surface area contributed by atoms with E-state index in [-0.39, 0.29) is 0 Å². The van der Waals surface area contributed by atoms with Crippen molar-refractivity contribution in [2.75, 3.05) is 11.9 Å². The number of furan rings is 1. The molecule has 4 nitrogen and oxygen atoms in total. The van der Waals surface area contributed by atoms with E-state index < -0.39 is 0 Å². The predicted octanol–water partition coefficient (Wildman–Crippen LogP) is 3.80. The van der Waals surface area contributed by atoms with E-state index >= 15 is 0 Å². The smallest absolute Gasteiger partial charge is 0.197 e. The van der Waals surface area contributed by atoms with Crippen LogP contribution in [0.3, 0.4) is 0 Å². The van der Waals surface area contributed by atoms with E-state index in [4.69, 9.17) is 4.42 Å². The maximum absolute atomic E-state index is 5.57. The van der Waals surface area contributed by atoms with Crippen molar-refractivity contribution in [1.29, 1.82) is 0 Å². The summed E-state index contributed by atoms with van der Waals surface area (Å²) in [5, 5.41) is 3.23. The van der Waals surface area contributed by atoms with Crippen molar-refractivity contribution in [3.05, 3.63) is 28.1 Å². The van der Waals surface area contributed by atoms with Crippen molar-refractivity contribution in [3.63, 3.8) is 0 Å². The molecule has 0 aromatic carbocycles. The monoisotopic (exact) mass is 309 g/mol. The Morgan fingerprint density at radius 2 is 2.06 bits per heavy atom. The topological polar surface area (TPSA) is 51.0 Å². The SMILES string of the molecule is CCNc1nc(-c2ccc(C)o2)nc(CC)c1Br. The lowest BCUT2D eigenvalue weighted by Crippen LogP contribution is -2.05. The number of hydrogen-bond donors (Lipinski definition) is 1. The molecule has 2 rings (SSSR count). The molecule has 0 aliphatic carbocycles. The van der Waals surface area contributed by atoms with Crippen LogP contribution in [-0.4, -0.2) is 16.5 Å². The zero-order valence-corrected chi connectivity index (χ0v) is 12.3. The molecule has 2 aromatic rings. The first-order chi connectivity index (χ1) is 8.65. The standard InChI is InChI=1S/C13H16BrN3O/c1-4-9-11(14)13(15-5-2)17-12(16-9)10-7-6-8(3)18-10/h6-7H,4-5H2,1-3H3,(H,15,16,17). The second-order valence-corrected chi connectivity index (χ2v) is 4.74. The van der Waals surface area contributed by atoms with Crippen LogP contribution in [0.2, 0.25) is 0 Å². The molecular formula is C13H16BrN3O. The van der Waals surface area contributed by atoms with Gasteiger partial charge in [-0.15, -0.1) is 0 Å². The molecule has 0 atom stereocenters. The molecule has 96 valence electrons. The van der Waals surface area contributed by atoms with Crippen LogP contribution in [0.15, 0.2) is 21.0 Å². The van der Waals surface area contributed by atoms with E-state index in [1.54, 1.807) is 0 Å². The Hall–Kier alpha value is -1.36. The average Bonchev–Trinajstić information content (AvgIpc) is 2.79. The van der Waals surface area contributed by atoms with Crippen molar-refractivity contribution in [1.82, 2.24) is 9.97 Å². The summed E-state index contributed by atoms with van der Waals surface area (Å²) < 4.78 is 6.50. The molecule has 0 radical (unpaired) electrons. The maximum Gasteiger partial charge on any atom is 0.197 e. The van der Waals surface area contributed by atoms with Crippen LogP contribution in [0.5, 0.6) is 0 Å².